The van der Waals surface area contributed by atoms with Gasteiger partial charge in [0.15, 0.2) is 16.3 Å². The van der Waals surface area contributed by atoms with Gasteiger partial charge in [-0.15, -0.1) is 0 Å². The number of hydrogen-bond donors (Lipinski definition) is 1. The topological polar surface area (TPSA) is 99.4 Å². The summed E-state index contributed by atoms with van der Waals surface area (Å²) < 4.78 is 18.3. The van der Waals surface area contributed by atoms with Gasteiger partial charge < -0.3 is 19.3 Å². The third-order valence-corrected chi connectivity index (χ3v) is 7.70. The maximum absolute atomic E-state index is 13.8. The van der Waals surface area contributed by atoms with Gasteiger partial charge in [-0.05, 0) is 42.2 Å². The Kier molecular flexibility index (Phi) is 8.54. The molecule has 8 nitrogen and oxygen atoms in total. The van der Waals surface area contributed by atoms with Gasteiger partial charge in [-0.2, -0.15) is 0 Å². The van der Waals surface area contributed by atoms with E-state index in [-0.39, 0.29) is 30.3 Å². The highest BCUT2D eigenvalue weighted by molar-refractivity contribution is 9.10. The quantitative estimate of drug-likeness (QED) is 0.310. The molecule has 1 unspecified atom stereocenters. The van der Waals surface area contributed by atoms with Crippen molar-refractivity contribution < 1.29 is 24.1 Å². The third kappa shape index (κ3) is 5.48. The highest BCUT2D eigenvalue weighted by Gasteiger charge is 2.33. The van der Waals surface area contributed by atoms with Crippen molar-refractivity contribution in [3.05, 3.63) is 88.5 Å². The fourth-order valence-electron chi connectivity index (χ4n) is 4.26. The van der Waals surface area contributed by atoms with Crippen molar-refractivity contribution in [2.45, 2.75) is 32.7 Å². The van der Waals surface area contributed by atoms with Crippen LogP contribution in [0.3, 0.4) is 0 Å². The van der Waals surface area contributed by atoms with Crippen molar-refractivity contribution in [2.75, 3.05) is 27.4 Å². The van der Waals surface area contributed by atoms with Crippen LogP contribution in [0, 0.1) is 0 Å². The van der Waals surface area contributed by atoms with Gasteiger partial charge in [0.1, 0.15) is 6.61 Å². The van der Waals surface area contributed by atoms with Crippen LogP contribution in [-0.2, 0) is 14.3 Å². The first-order valence-electron chi connectivity index (χ1n) is 12.0. The summed E-state index contributed by atoms with van der Waals surface area (Å²) >= 11 is 4.60. The number of fused-ring (bicyclic) bond motifs is 1. The summed E-state index contributed by atoms with van der Waals surface area (Å²) in [7, 11) is 2.99. The maximum Gasteiger partial charge on any atom is 0.338 e. The van der Waals surface area contributed by atoms with Crippen LogP contribution in [0.4, 0.5) is 0 Å². The number of nitrogens with zero attached hydrogens (tertiary/aromatic N) is 2. The largest absolute Gasteiger partial charge is 0.504 e. The number of halogens is 1. The third-order valence-electron chi connectivity index (χ3n) is 6.26. The molecule has 0 amide bonds. The normalized spacial score (nSPS) is 15.4. The van der Waals surface area contributed by atoms with E-state index in [9.17, 15) is 14.7 Å². The number of benzene rings is 2. The Morgan fingerprint density at radius 1 is 1.21 bits per heavy atom. The summed E-state index contributed by atoms with van der Waals surface area (Å²) in [6.07, 6.45) is 1.60. The van der Waals surface area contributed by atoms with Gasteiger partial charge in [-0.3, -0.25) is 9.36 Å². The minimum atomic E-state index is -0.727. The zero-order valence-corrected chi connectivity index (χ0v) is 24.2. The number of methoxy groups -OCH3 is 2. The molecule has 0 saturated carbocycles. The molecule has 0 fully saturated rings. The van der Waals surface area contributed by atoms with Crippen molar-refractivity contribution in [1.29, 1.82) is 0 Å². The zero-order valence-electron chi connectivity index (χ0n) is 21.8. The monoisotopic (exact) mass is 600 g/mol. The molecule has 2 heterocycles. The summed E-state index contributed by atoms with van der Waals surface area (Å²) in [5.41, 5.74) is 2.76. The number of carbonyl (C=O) groups excluding carboxylic acids is 1. The second-order valence-corrected chi connectivity index (χ2v) is 11.0. The molecule has 3 aromatic rings. The van der Waals surface area contributed by atoms with Crippen molar-refractivity contribution in [2.24, 2.45) is 4.99 Å². The molecule has 10 heteroatoms. The molecule has 0 radical (unpaired) electrons. The first kappa shape index (κ1) is 27.8. The van der Waals surface area contributed by atoms with Crippen molar-refractivity contribution in [1.82, 2.24) is 4.57 Å². The number of esters is 1. The summed E-state index contributed by atoms with van der Waals surface area (Å²) in [6, 6.07) is 10.5. The lowest BCUT2D eigenvalue weighted by atomic mass is 9.93. The van der Waals surface area contributed by atoms with E-state index in [1.807, 2.05) is 24.3 Å². The molecule has 1 aliphatic heterocycles. The molecular formula is C28H29BrN2O6S. The Morgan fingerprint density at radius 3 is 2.55 bits per heavy atom. The Hall–Kier alpha value is -3.21. The first-order chi connectivity index (χ1) is 18.2. The summed E-state index contributed by atoms with van der Waals surface area (Å²) in [6.45, 7) is 6.29. The van der Waals surface area contributed by atoms with E-state index in [4.69, 9.17) is 14.2 Å². The minimum absolute atomic E-state index is 0.0825. The van der Waals surface area contributed by atoms with E-state index >= 15 is 0 Å². The van der Waals surface area contributed by atoms with E-state index in [1.165, 1.54) is 30.1 Å². The number of ether oxygens (including phenoxy) is 3. The Balaban J connectivity index is 1.91. The average molecular weight is 602 g/mol. The molecule has 0 saturated heterocycles. The number of phenols is 1. The SMILES string of the molecule is COCCOC(=O)C1=C(C)N=c2sc(=Cc3cc(Br)cc(OC)c3O)c(=O)n2C1c1ccc(C(C)C)cc1. The smallest absolute Gasteiger partial charge is 0.338 e. The van der Waals surface area contributed by atoms with Crippen LogP contribution in [0.15, 0.2) is 61.9 Å². The van der Waals surface area contributed by atoms with Gasteiger partial charge in [0.05, 0.1) is 35.6 Å². The number of thiazole rings is 1. The molecule has 0 spiro atoms. The molecule has 1 aliphatic rings. The molecular weight excluding hydrogens is 572 g/mol. The van der Waals surface area contributed by atoms with E-state index in [0.29, 0.717) is 36.6 Å². The molecule has 2 aromatic carbocycles. The molecule has 4 rings (SSSR count). The molecule has 1 atom stereocenters. The van der Waals surface area contributed by atoms with Crippen LogP contribution in [-0.4, -0.2) is 43.1 Å². The first-order valence-corrected chi connectivity index (χ1v) is 13.6. The number of carbonyl (C=O) groups is 1. The number of hydrogen-bond acceptors (Lipinski definition) is 8. The lowest BCUT2D eigenvalue weighted by molar-refractivity contribution is -0.140. The predicted octanol–water partition coefficient (Wildman–Crippen LogP) is 4.02. The van der Waals surface area contributed by atoms with Gasteiger partial charge in [-0.25, -0.2) is 9.79 Å². The second kappa shape index (κ2) is 11.7. The summed E-state index contributed by atoms with van der Waals surface area (Å²) in [5.74, 6) is -0.0269. The Bertz CT molecular complexity index is 1570. The number of phenolic OH excluding ortho intramolecular Hbond substituents is 1. The van der Waals surface area contributed by atoms with Gasteiger partial charge in [0.25, 0.3) is 5.56 Å². The Labute approximate surface area is 232 Å². The molecule has 200 valence electrons. The number of aromatic hydroxyl groups is 1. The van der Waals surface area contributed by atoms with Crippen LogP contribution < -0.4 is 19.6 Å². The lowest BCUT2D eigenvalue weighted by Gasteiger charge is -2.25. The maximum atomic E-state index is 13.8. The number of aromatic nitrogens is 1. The summed E-state index contributed by atoms with van der Waals surface area (Å²) in [5, 5.41) is 10.6. The standard InChI is InChI=1S/C28H29BrN2O6S/c1-15(2)17-6-8-18(9-7-17)24-23(27(34)37-11-10-35-4)16(3)30-28-31(24)26(33)22(38-28)13-19-12-20(29)14-21(36-5)25(19)32/h6-9,12-15,24,32H,10-11H2,1-5H3. The van der Waals surface area contributed by atoms with Crippen LogP contribution in [0.1, 0.15) is 49.4 Å². The lowest BCUT2D eigenvalue weighted by Crippen LogP contribution is -2.40. The minimum Gasteiger partial charge on any atom is -0.504 e. The average Bonchev–Trinajstić information content (AvgIpc) is 3.19. The van der Waals surface area contributed by atoms with Gasteiger partial charge >= 0.3 is 5.97 Å². The van der Waals surface area contributed by atoms with Crippen molar-refractivity contribution in [3.63, 3.8) is 0 Å². The van der Waals surface area contributed by atoms with Gasteiger partial charge in [0, 0.05) is 17.1 Å². The van der Waals surface area contributed by atoms with E-state index < -0.39 is 12.0 Å². The van der Waals surface area contributed by atoms with E-state index in [2.05, 4.69) is 34.8 Å². The van der Waals surface area contributed by atoms with E-state index in [0.717, 1.165) is 11.1 Å². The van der Waals surface area contributed by atoms with E-state index in [1.54, 1.807) is 25.1 Å². The van der Waals surface area contributed by atoms with Gasteiger partial charge in [0.2, 0.25) is 0 Å². The van der Waals surface area contributed by atoms with Crippen LogP contribution >= 0.6 is 27.3 Å². The Morgan fingerprint density at radius 2 is 1.92 bits per heavy atom. The van der Waals surface area contributed by atoms with Crippen molar-refractivity contribution in [3.8, 4) is 11.5 Å². The predicted molar refractivity (Wildman–Crippen MR) is 149 cm³/mol. The summed E-state index contributed by atoms with van der Waals surface area (Å²) in [4.78, 5) is 32.1. The van der Waals surface area contributed by atoms with Gasteiger partial charge in [-0.1, -0.05) is 65.4 Å². The molecule has 0 bridgehead atoms. The highest BCUT2D eigenvalue weighted by atomic mass is 79.9. The zero-order chi connectivity index (χ0) is 27.6. The fraction of sp³-hybridized carbons (Fsp3) is 0.321. The van der Waals surface area contributed by atoms with Crippen LogP contribution in [0.5, 0.6) is 11.5 Å². The fourth-order valence-corrected chi connectivity index (χ4v) is 5.75. The number of rotatable bonds is 8. The van der Waals surface area contributed by atoms with Crippen LogP contribution in [0.2, 0.25) is 0 Å². The van der Waals surface area contributed by atoms with Crippen LogP contribution in [0.25, 0.3) is 6.08 Å². The highest BCUT2D eigenvalue weighted by Crippen LogP contribution is 2.34. The molecule has 1 N–H and O–H groups in total. The molecule has 1 aromatic heterocycles. The molecule has 38 heavy (non-hydrogen) atoms. The second-order valence-electron chi connectivity index (χ2n) is 9.08. The number of allylic oxidation sites excluding steroid dienone is 1. The molecule has 0 aliphatic carbocycles. The van der Waals surface area contributed by atoms with Crippen molar-refractivity contribution >= 4 is 39.3 Å².